The third-order valence-corrected chi connectivity index (χ3v) is 8.13. The van der Waals surface area contributed by atoms with E-state index >= 15 is 0 Å². The molecule has 0 saturated carbocycles. The number of aromatic nitrogens is 6. The van der Waals surface area contributed by atoms with Crippen LogP contribution in [0.4, 0.5) is 0 Å². The van der Waals surface area contributed by atoms with Crippen molar-refractivity contribution < 1.29 is 17.1 Å². The summed E-state index contributed by atoms with van der Waals surface area (Å²) in [6.07, 6.45) is 7.15. The largest absolute Gasteiger partial charge is 2.00 e. The summed E-state index contributed by atoms with van der Waals surface area (Å²) in [4.78, 5) is 27.4. The molecule has 6 aromatic heterocycles. The molecule has 2 aromatic carbocycles. The van der Waals surface area contributed by atoms with Gasteiger partial charge in [-0.1, -0.05) is 83.9 Å². The molecule has 0 amide bonds. The molecule has 0 fully saturated rings. The molecule has 8 rings (SSSR count). The maximum absolute atomic E-state index is 4.79. The molecule has 0 atom stereocenters. The third kappa shape index (κ3) is 8.72. The van der Waals surface area contributed by atoms with E-state index in [0.717, 1.165) is 67.8 Å². The van der Waals surface area contributed by atoms with Gasteiger partial charge in [-0.25, -0.2) is 9.97 Å². The van der Waals surface area contributed by atoms with Crippen molar-refractivity contribution in [3.05, 3.63) is 182 Å². The third-order valence-electron chi connectivity index (χ3n) is 8.13. The summed E-state index contributed by atoms with van der Waals surface area (Å²) >= 11 is 0. The van der Waals surface area contributed by atoms with Gasteiger partial charge in [-0.2, -0.15) is 0 Å². The molecule has 0 aliphatic carbocycles. The zero-order valence-electron chi connectivity index (χ0n) is 28.2. The predicted molar refractivity (Wildman–Crippen MR) is 202 cm³/mol. The van der Waals surface area contributed by atoms with Crippen LogP contribution < -0.4 is 0 Å². The van der Waals surface area contributed by atoms with Crippen molar-refractivity contribution in [1.29, 1.82) is 0 Å². The first-order valence-corrected chi connectivity index (χ1v) is 16.4. The summed E-state index contributed by atoms with van der Waals surface area (Å²) < 4.78 is 0. The molecule has 1 radical (unpaired) electrons. The number of hydrogen-bond donors (Lipinski definition) is 0. The van der Waals surface area contributed by atoms with Gasteiger partial charge in [0.2, 0.25) is 0 Å². The summed E-state index contributed by atoms with van der Waals surface area (Å²) in [6.45, 7) is 4.18. The Kier molecular flexibility index (Phi) is 11.2. The van der Waals surface area contributed by atoms with Crippen LogP contribution in [0.5, 0.6) is 0 Å². The molecule has 7 heteroatoms. The van der Waals surface area contributed by atoms with E-state index < -0.39 is 0 Å². The van der Waals surface area contributed by atoms with Gasteiger partial charge in [0.25, 0.3) is 0 Å². The van der Waals surface area contributed by atoms with Gasteiger partial charge in [-0.3, -0.25) is 19.9 Å². The van der Waals surface area contributed by atoms with Crippen LogP contribution in [0.3, 0.4) is 0 Å². The quantitative estimate of drug-likeness (QED) is 0.160. The van der Waals surface area contributed by atoms with Crippen LogP contribution >= 0.6 is 0 Å². The van der Waals surface area contributed by atoms with Crippen molar-refractivity contribution in [2.45, 2.75) is 13.8 Å². The van der Waals surface area contributed by atoms with Crippen molar-refractivity contribution in [1.82, 2.24) is 29.9 Å². The van der Waals surface area contributed by atoms with Crippen molar-refractivity contribution >= 4 is 0 Å². The van der Waals surface area contributed by atoms with Crippen molar-refractivity contribution in [3.63, 3.8) is 0 Å². The number of hydrogen-bond acceptors (Lipinski definition) is 6. The van der Waals surface area contributed by atoms with E-state index in [1.54, 1.807) is 24.8 Å². The van der Waals surface area contributed by atoms with E-state index in [2.05, 4.69) is 107 Å². The SMILES string of the molecule is Cc1ccc(-c2cc(-c3ccccn3)nc(-c3ccccn3)c2)cc1.Cc1ccc(-c2cc(-c3ccccn3)nc(-c3ccccn3)c2)cc1.[Cu+2]. The van der Waals surface area contributed by atoms with Gasteiger partial charge in [0.05, 0.1) is 45.6 Å². The Morgan fingerprint density at radius 3 is 0.804 bits per heavy atom. The van der Waals surface area contributed by atoms with Gasteiger partial charge in [0, 0.05) is 24.8 Å². The van der Waals surface area contributed by atoms with Crippen LogP contribution in [0.15, 0.2) is 170 Å². The molecular weight excluding hydrogens is 676 g/mol. The molecule has 0 saturated heterocycles. The van der Waals surface area contributed by atoms with Gasteiger partial charge < -0.3 is 0 Å². The molecule has 0 aliphatic heterocycles. The minimum atomic E-state index is 0. The molecule has 6 nitrogen and oxygen atoms in total. The molecule has 0 bridgehead atoms. The Balaban J connectivity index is 0.000000172. The zero-order valence-corrected chi connectivity index (χ0v) is 29.1. The molecule has 0 N–H and O–H groups in total. The van der Waals surface area contributed by atoms with E-state index in [4.69, 9.17) is 9.97 Å². The maximum Gasteiger partial charge on any atom is 2.00 e. The minimum Gasteiger partial charge on any atom is -0.255 e. The van der Waals surface area contributed by atoms with Gasteiger partial charge in [-0.15, -0.1) is 0 Å². The average Bonchev–Trinajstić information content (AvgIpc) is 3.20. The van der Waals surface area contributed by atoms with Gasteiger partial charge in [0.15, 0.2) is 0 Å². The summed E-state index contributed by atoms with van der Waals surface area (Å²) in [5.41, 5.74) is 13.8. The topological polar surface area (TPSA) is 77.3 Å². The summed E-state index contributed by atoms with van der Waals surface area (Å²) in [5, 5.41) is 0. The predicted octanol–water partition coefficient (Wildman–Crippen LogP) is 10.4. The molecular formula is C44H34CuN6+2. The van der Waals surface area contributed by atoms with Crippen LogP contribution in [0, 0.1) is 13.8 Å². The Morgan fingerprint density at radius 1 is 0.294 bits per heavy atom. The van der Waals surface area contributed by atoms with E-state index in [9.17, 15) is 0 Å². The second kappa shape index (κ2) is 16.5. The Labute approximate surface area is 308 Å². The van der Waals surface area contributed by atoms with Gasteiger partial charge >= 0.3 is 17.1 Å². The summed E-state index contributed by atoms with van der Waals surface area (Å²) in [7, 11) is 0. The molecule has 0 unspecified atom stereocenters. The number of benzene rings is 2. The Hall–Kier alpha value is -6.14. The minimum absolute atomic E-state index is 0. The van der Waals surface area contributed by atoms with Gasteiger partial charge in [0.1, 0.15) is 0 Å². The Morgan fingerprint density at radius 2 is 0.569 bits per heavy atom. The van der Waals surface area contributed by atoms with E-state index in [-0.39, 0.29) is 17.1 Å². The number of nitrogens with zero attached hydrogens (tertiary/aromatic N) is 6. The van der Waals surface area contributed by atoms with E-state index in [0.29, 0.717) is 0 Å². The Bertz CT molecular complexity index is 2020. The van der Waals surface area contributed by atoms with E-state index in [1.165, 1.54) is 11.1 Å². The van der Waals surface area contributed by atoms with Crippen LogP contribution in [-0.2, 0) is 17.1 Å². The molecule has 6 heterocycles. The smallest absolute Gasteiger partial charge is 0.255 e. The van der Waals surface area contributed by atoms with Crippen molar-refractivity contribution in [2.75, 3.05) is 0 Å². The summed E-state index contributed by atoms with van der Waals surface area (Å²) in [5.74, 6) is 0. The van der Waals surface area contributed by atoms with Crippen LogP contribution in [0.1, 0.15) is 11.1 Å². The number of pyridine rings is 6. The fourth-order valence-corrected chi connectivity index (χ4v) is 5.47. The fourth-order valence-electron chi connectivity index (χ4n) is 5.47. The molecule has 249 valence electrons. The molecule has 8 aromatic rings. The maximum atomic E-state index is 4.79. The zero-order chi connectivity index (χ0) is 34.1. The fraction of sp³-hybridized carbons (Fsp3) is 0.0455. The van der Waals surface area contributed by atoms with Gasteiger partial charge in [-0.05, 0) is 109 Å². The summed E-state index contributed by atoms with van der Waals surface area (Å²) in [6, 6.07) is 48.8. The average molecular weight is 710 g/mol. The monoisotopic (exact) mass is 709 g/mol. The second-order valence-corrected chi connectivity index (χ2v) is 11.8. The first kappa shape index (κ1) is 34.7. The molecule has 0 spiro atoms. The van der Waals surface area contributed by atoms with Crippen LogP contribution in [-0.4, -0.2) is 29.9 Å². The van der Waals surface area contributed by atoms with Crippen molar-refractivity contribution in [2.24, 2.45) is 0 Å². The first-order valence-electron chi connectivity index (χ1n) is 16.4. The number of aryl methyl sites for hydroxylation is 2. The number of rotatable bonds is 6. The van der Waals surface area contributed by atoms with E-state index in [1.807, 2.05) is 72.8 Å². The normalized spacial score (nSPS) is 10.4. The first-order chi connectivity index (χ1) is 24.6. The van der Waals surface area contributed by atoms with Crippen LogP contribution in [0.2, 0.25) is 0 Å². The van der Waals surface area contributed by atoms with Crippen LogP contribution in [0.25, 0.3) is 67.8 Å². The second-order valence-electron chi connectivity index (χ2n) is 11.8. The standard InChI is InChI=1S/2C22H17N3.Cu/c2*1-16-8-10-17(11-9-16)18-14-21(19-6-2-4-12-23-19)25-22(15-18)20-7-3-5-13-24-20;/h2*2-15H,1H3;/q;;+2. The van der Waals surface area contributed by atoms with Crippen molar-refractivity contribution in [3.8, 4) is 67.8 Å². The molecule has 0 aliphatic rings. The molecule has 51 heavy (non-hydrogen) atoms.